The SMILES string of the molecule is CCCCCCCCC(CCCCC)c1ccc(-c2ccc(-c3ccc(C(CCCCC)CCCCCCCC)cc3)cc2)cc1. The first-order valence-corrected chi connectivity index (χ1v) is 20.0. The molecule has 46 heavy (non-hydrogen) atoms. The monoisotopic (exact) mass is 623 g/mol. The van der Waals surface area contributed by atoms with E-state index in [1.165, 1.54) is 164 Å². The summed E-state index contributed by atoms with van der Waals surface area (Å²) in [4.78, 5) is 0. The van der Waals surface area contributed by atoms with Crippen molar-refractivity contribution in [3.05, 3.63) is 83.9 Å². The Balaban J connectivity index is 1.60. The van der Waals surface area contributed by atoms with E-state index in [4.69, 9.17) is 0 Å². The van der Waals surface area contributed by atoms with Crippen LogP contribution in [0.3, 0.4) is 0 Å². The van der Waals surface area contributed by atoms with Crippen LogP contribution in [0.1, 0.15) is 192 Å². The van der Waals surface area contributed by atoms with E-state index in [2.05, 4.69) is 100 Å². The Hall–Kier alpha value is -2.34. The Morgan fingerprint density at radius 3 is 0.804 bits per heavy atom. The summed E-state index contributed by atoms with van der Waals surface area (Å²) in [5.41, 5.74) is 8.41. The average molecular weight is 623 g/mol. The molecular formula is C46H70. The van der Waals surface area contributed by atoms with E-state index in [0.29, 0.717) is 11.8 Å². The summed E-state index contributed by atoms with van der Waals surface area (Å²) >= 11 is 0. The van der Waals surface area contributed by atoms with E-state index < -0.39 is 0 Å². The van der Waals surface area contributed by atoms with E-state index >= 15 is 0 Å². The average Bonchev–Trinajstić information content (AvgIpc) is 3.10. The molecule has 0 fully saturated rings. The topological polar surface area (TPSA) is 0 Å². The van der Waals surface area contributed by atoms with Gasteiger partial charge in [-0.15, -0.1) is 0 Å². The summed E-state index contributed by atoms with van der Waals surface area (Å²) in [6, 6.07) is 28.5. The normalized spacial score (nSPS) is 12.8. The van der Waals surface area contributed by atoms with Crippen LogP contribution in [0.25, 0.3) is 22.3 Å². The molecule has 0 saturated carbocycles. The summed E-state index contributed by atoms with van der Waals surface area (Å²) in [5.74, 6) is 1.43. The Labute approximate surface area is 286 Å². The van der Waals surface area contributed by atoms with Crippen molar-refractivity contribution in [1.82, 2.24) is 0 Å². The summed E-state index contributed by atoms with van der Waals surface area (Å²) in [5, 5.41) is 0. The zero-order chi connectivity index (χ0) is 32.7. The lowest BCUT2D eigenvalue weighted by Gasteiger charge is -2.18. The summed E-state index contributed by atoms with van der Waals surface area (Å²) in [7, 11) is 0. The maximum Gasteiger partial charge on any atom is -0.0162 e. The smallest absolute Gasteiger partial charge is 0.0162 e. The van der Waals surface area contributed by atoms with Crippen LogP contribution in [-0.4, -0.2) is 0 Å². The largest absolute Gasteiger partial charge is 0.0654 e. The number of hydrogen-bond donors (Lipinski definition) is 0. The van der Waals surface area contributed by atoms with Gasteiger partial charge in [0.25, 0.3) is 0 Å². The molecule has 254 valence electrons. The van der Waals surface area contributed by atoms with E-state index in [1.807, 2.05) is 0 Å². The Morgan fingerprint density at radius 2 is 0.500 bits per heavy atom. The lowest BCUT2D eigenvalue weighted by Crippen LogP contribution is -2.00. The van der Waals surface area contributed by atoms with Crippen LogP contribution in [-0.2, 0) is 0 Å². The zero-order valence-electron chi connectivity index (χ0n) is 30.6. The summed E-state index contributed by atoms with van der Waals surface area (Å²) in [6.07, 6.45) is 30.1. The minimum atomic E-state index is 0.717. The molecule has 0 amide bonds. The molecule has 3 aromatic rings. The third-order valence-corrected chi connectivity index (χ3v) is 10.4. The molecule has 3 aromatic carbocycles. The molecule has 0 aliphatic heterocycles. The maximum absolute atomic E-state index is 2.43. The number of unbranched alkanes of at least 4 members (excludes halogenated alkanes) is 14. The van der Waals surface area contributed by atoms with Crippen LogP contribution in [0.2, 0.25) is 0 Å². The number of benzene rings is 3. The Morgan fingerprint density at radius 1 is 0.283 bits per heavy atom. The molecule has 0 aromatic heterocycles. The second kappa shape index (κ2) is 23.9. The van der Waals surface area contributed by atoms with Gasteiger partial charge in [0.05, 0.1) is 0 Å². The van der Waals surface area contributed by atoms with Gasteiger partial charge >= 0.3 is 0 Å². The van der Waals surface area contributed by atoms with Gasteiger partial charge < -0.3 is 0 Å². The van der Waals surface area contributed by atoms with Crippen molar-refractivity contribution in [1.29, 1.82) is 0 Å². The van der Waals surface area contributed by atoms with Gasteiger partial charge in [-0.25, -0.2) is 0 Å². The first kappa shape index (κ1) is 38.1. The molecule has 0 aliphatic rings. The quantitative estimate of drug-likeness (QED) is 0.0781. The first-order chi connectivity index (χ1) is 22.7. The molecule has 0 heterocycles. The van der Waals surface area contributed by atoms with E-state index in [0.717, 1.165) is 0 Å². The standard InChI is InChI=1S/C46H70/c1-5-9-13-15-17-21-25-39(23-19-11-7-3)41-27-31-43(32-28-41)45-35-37-46(38-36-45)44-33-29-42(30-34-44)40(24-20-12-8-4)26-22-18-16-14-10-6-2/h27-40H,5-26H2,1-4H3. The molecule has 3 rings (SSSR count). The van der Waals surface area contributed by atoms with Crippen LogP contribution in [0.15, 0.2) is 72.8 Å². The van der Waals surface area contributed by atoms with Gasteiger partial charge in [-0.2, -0.15) is 0 Å². The molecule has 0 spiro atoms. The Kier molecular flexibility index (Phi) is 19.8. The highest BCUT2D eigenvalue weighted by Gasteiger charge is 2.13. The molecule has 0 radical (unpaired) electrons. The van der Waals surface area contributed by atoms with Crippen LogP contribution < -0.4 is 0 Å². The highest BCUT2D eigenvalue weighted by Crippen LogP contribution is 2.33. The fourth-order valence-corrected chi connectivity index (χ4v) is 7.33. The van der Waals surface area contributed by atoms with Crippen molar-refractivity contribution in [3.8, 4) is 22.3 Å². The molecule has 2 atom stereocenters. The molecule has 0 saturated heterocycles. The third-order valence-electron chi connectivity index (χ3n) is 10.4. The fourth-order valence-electron chi connectivity index (χ4n) is 7.33. The predicted molar refractivity (Wildman–Crippen MR) is 207 cm³/mol. The van der Waals surface area contributed by atoms with Crippen molar-refractivity contribution in [3.63, 3.8) is 0 Å². The van der Waals surface area contributed by atoms with Gasteiger partial charge in [0.15, 0.2) is 0 Å². The van der Waals surface area contributed by atoms with Crippen molar-refractivity contribution in [2.24, 2.45) is 0 Å². The molecule has 0 aliphatic carbocycles. The van der Waals surface area contributed by atoms with Crippen molar-refractivity contribution in [2.45, 2.75) is 181 Å². The predicted octanol–water partition coefficient (Wildman–Crippen LogP) is 15.8. The van der Waals surface area contributed by atoms with E-state index in [9.17, 15) is 0 Å². The van der Waals surface area contributed by atoms with Crippen LogP contribution in [0, 0.1) is 0 Å². The van der Waals surface area contributed by atoms with Crippen molar-refractivity contribution < 1.29 is 0 Å². The number of hydrogen-bond acceptors (Lipinski definition) is 0. The minimum Gasteiger partial charge on any atom is -0.0654 e. The summed E-state index contributed by atoms with van der Waals surface area (Å²) < 4.78 is 0. The van der Waals surface area contributed by atoms with Crippen LogP contribution in [0.5, 0.6) is 0 Å². The second-order valence-electron chi connectivity index (χ2n) is 14.3. The number of rotatable bonds is 26. The maximum atomic E-state index is 2.43. The van der Waals surface area contributed by atoms with Crippen LogP contribution in [0.4, 0.5) is 0 Å². The molecule has 0 heteroatoms. The van der Waals surface area contributed by atoms with Gasteiger partial charge in [-0.05, 0) is 70.9 Å². The first-order valence-electron chi connectivity index (χ1n) is 20.0. The van der Waals surface area contributed by atoms with Gasteiger partial charge in [0.1, 0.15) is 0 Å². The third kappa shape index (κ3) is 14.2. The van der Waals surface area contributed by atoms with Crippen molar-refractivity contribution >= 4 is 0 Å². The molecule has 0 nitrogen and oxygen atoms in total. The minimum absolute atomic E-state index is 0.717. The van der Waals surface area contributed by atoms with Crippen LogP contribution >= 0.6 is 0 Å². The molecule has 0 bridgehead atoms. The lowest BCUT2D eigenvalue weighted by molar-refractivity contribution is 0.495. The Bertz CT molecular complexity index is 1030. The summed E-state index contributed by atoms with van der Waals surface area (Å²) in [6.45, 7) is 9.26. The zero-order valence-corrected chi connectivity index (χ0v) is 30.6. The fraction of sp³-hybridized carbons (Fsp3) is 0.609. The molecule has 0 N–H and O–H groups in total. The second-order valence-corrected chi connectivity index (χ2v) is 14.3. The highest BCUT2D eigenvalue weighted by atomic mass is 14.2. The van der Waals surface area contributed by atoms with Gasteiger partial charge in [-0.3, -0.25) is 0 Å². The lowest BCUT2D eigenvalue weighted by atomic mass is 9.87. The van der Waals surface area contributed by atoms with Gasteiger partial charge in [0, 0.05) is 0 Å². The molecule has 2 unspecified atom stereocenters. The molecular weight excluding hydrogens is 553 g/mol. The van der Waals surface area contributed by atoms with E-state index in [1.54, 1.807) is 11.1 Å². The van der Waals surface area contributed by atoms with Crippen molar-refractivity contribution in [2.75, 3.05) is 0 Å². The van der Waals surface area contributed by atoms with Gasteiger partial charge in [0.2, 0.25) is 0 Å². The highest BCUT2D eigenvalue weighted by molar-refractivity contribution is 5.70. The van der Waals surface area contributed by atoms with Gasteiger partial charge in [-0.1, -0.05) is 216 Å². The van der Waals surface area contributed by atoms with E-state index in [-0.39, 0.29) is 0 Å².